The van der Waals surface area contributed by atoms with Crippen LogP contribution in [0.2, 0.25) is 0 Å². The summed E-state index contributed by atoms with van der Waals surface area (Å²) in [5.41, 5.74) is 1.98. The highest BCUT2D eigenvalue weighted by Crippen LogP contribution is 2.42. The van der Waals surface area contributed by atoms with E-state index in [1.165, 1.54) is 89.0 Å². The summed E-state index contributed by atoms with van der Waals surface area (Å²) in [5.74, 6) is 2.34. The van der Waals surface area contributed by atoms with Crippen molar-refractivity contribution in [3.63, 3.8) is 0 Å². The largest absolute Gasteiger partial charge is 0.492 e. The average Bonchev–Trinajstić information content (AvgIpc) is 2.74. The summed E-state index contributed by atoms with van der Waals surface area (Å²) >= 11 is 0. The van der Waals surface area contributed by atoms with Crippen LogP contribution in [0.15, 0.2) is 18.2 Å². The van der Waals surface area contributed by atoms with Gasteiger partial charge in [0, 0.05) is 0 Å². The number of para-hydroxylation sites is 1. The molecule has 2 nitrogen and oxygen atoms in total. The van der Waals surface area contributed by atoms with Crippen molar-refractivity contribution in [1.82, 2.24) is 0 Å². The van der Waals surface area contributed by atoms with Gasteiger partial charge < -0.3 is 4.74 Å². The molecule has 0 bridgehead atoms. The van der Waals surface area contributed by atoms with Crippen molar-refractivity contribution in [2.75, 3.05) is 6.61 Å². The Morgan fingerprint density at radius 3 is 2.21 bits per heavy atom. The van der Waals surface area contributed by atoms with Crippen LogP contribution < -0.4 is 4.74 Å². The van der Waals surface area contributed by atoms with Crippen LogP contribution in [0.4, 0.5) is 0 Å². The van der Waals surface area contributed by atoms with Gasteiger partial charge in [0.15, 0.2) is 0 Å². The van der Waals surface area contributed by atoms with Gasteiger partial charge in [0.25, 0.3) is 0 Å². The molecule has 0 amide bonds. The molecule has 0 heterocycles. The van der Waals surface area contributed by atoms with Crippen molar-refractivity contribution in [1.29, 1.82) is 5.26 Å². The number of ether oxygens (including phenoxy) is 1. The van der Waals surface area contributed by atoms with E-state index >= 15 is 0 Å². The lowest BCUT2D eigenvalue weighted by Gasteiger charge is -2.30. The lowest BCUT2D eigenvalue weighted by atomic mass is 9.76. The number of benzene rings is 1. The van der Waals surface area contributed by atoms with Gasteiger partial charge in [0.2, 0.25) is 0 Å². The van der Waals surface area contributed by atoms with E-state index in [9.17, 15) is 5.26 Å². The highest BCUT2D eigenvalue weighted by Gasteiger charge is 2.25. The Labute approximate surface area is 173 Å². The Morgan fingerprint density at radius 1 is 0.893 bits per heavy atom. The number of hydrogen-bond donors (Lipinski definition) is 0. The van der Waals surface area contributed by atoms with E-state index in [1.54, 1.807) is 0 Å². The van der Waals surface area contributed by atoms with Gasteiger partial charge in [0.05, 0.1) is 12.2 Å². The molecule has 1 aromatic carbocycles. The van der Waals surface area contributed by atoms with Gasteiger partial charge in [-0.2, -0.15) is 5.26 Å². The predicted molar refractivity (Wildman–Crippen MR) is 119 cm³/mol. The van der Waals surface area contributed by atoms with E-state index in [1.807, 2.05) is 12.1 Å². The minimum atomic E-state index is 0.565. The zero-order valence-electron chi connectivity index (χ0n) is 18.3. The zero-order chi connectivity index (χ0) is 20.0. The summed E-state index contributed by atoms with van der Waals surface area (Å²) in [7, 11) is 0. The first kappa shape index (κ1) is 22.8. The Bertz CT molecular complexity index is 581. The number of unbranched alkanes of at least 4 members (excludes halogenated alkanes) is 7. The second-order valence-electron chi connectivity index (χ2n) is 8.67. The quantitative estimate of drug-likeness (QED) is 0.322. The second kappa shape index (κ2) is 13.6. The van der Waals surface area contributed by atoms with Crippen LogP contribution in [0.5, 0.6) is 5.75 Å². The van der Waals surface area contributed by atoms with E-state index in [0.29, 0.717) is 18.1 Å². The van der Waals surface area contributed by atoms with Gasteiger partial charge in [-0.15, -0.1) is 0 Å². The maximum Gasteiger partial charge on any atom is 0.140 e. The fraction of sp³-hybridized carbons (Fsp3) is 0.731. The van der Waals surface area contributed by atoms with Crippen molar-refractivity contribution in [2.45, 2.75) is 110 Å². The molecule has 1 fully saturated rings. The summed E-state index contributed by atoms with van der Waals surface area (Å²) in [6.07, 6.45) is 18.9. The van der Waals surface area contributed by atoms with Crippen molar-refractivity contribution in [3.8, 4) is 11.8 Å². The first-order chi connectivity index (χ1) is 13.8. The van der Waals surface area contributed by atoms with Crippen molar-refractivity contribution >= 4 is 0 Å². The topological polar surface area (TPSA) is 33.0 Å². The minimum Gasteiger partial charge on any atom is -0.492 e. The van der Waals surface area contributed by atoms with Gasteiger partial charge in [-0.1, -0.05) is 83.8 Å². The third kappa shape index (κ3) is 7.50. The van der Waals surface area contributed by atoms with E-state index in [-0.39, 0.29) is 0 Å². The van der Waals surface area contributed by atoms with E-state index < -0.39 is 0 Å². The van der Waals surface area contributed by atoms with Crippen LogP contribution in [-0.4, -0.2) is 6.61 Å². The Kier molecular flexibility index (Phi) is 11.1. The predicted octanol–water partition coefficient (Wildman–Crippen LogP) is 8.15. The normalized spacial score (nSPS) is 19.3. The molecule has 0 unspecified atom stereocenters. The third-order valence-corrected chi connectivity index (χ3v) is 6.37. The Balaban J connectivity index is 1.73. The molecule has 0 radical (unpaired) electrons. The highest BCUT2D eigenvalue weighted by molar-refractivity contribution is 5.50. The molecule has 28 heavy (non-hydrogen) atoms. The van der Waals surface area contributed by atoms with Crippen LogP contribution in [0, 0.1) is 17.2 Å². The standard InChI is InChI=1S/C26H41NO/c1-3-5-6-7-8-9-10-11-13-22-16-18-23(19-17-22)25-15-12-14-24(21-27)26(25)28-20-4-2/h12,14-15,22-23H,3-11,13,16-20H2,1-2H3. The molecule has 0 aromatic heterocycles. The summed E-state index contributed by atoms with van der Waals surface area (Å²) in [6.45, 7) is 5.10. The molecule has 1 aromatic rings. The fourth-order valence-corrected chi connectivity index (χ4v) is 4.66. The second-order valence-corrected chi connectivity index (χ2v) is 8.67. The lowest BCUT2D eigenvalue weighted by Crippen LogP contribution is -2.15. The first-order valence-electron chi connectivity index (χ1n) is 12.0. The average molecular weight is 384 g/mol. The van der Waals surface area contributed by atoms with E-state index in [0.717, 1.165) is 18.1 Å². The van der Waals surface area contributed by atoms with Gasteiger partial charge in [-0.3, -0.25) is 0 Å². The molecule has 0 aliphatic heterocycles. The molecular formula is C26H41NO. The minimum absolute atomic E-state index is 0.565. The smallest absolute Gasteiger partial charge is 0.140 e. The van der Waals surface area contributed by atoms with Crippen LogP contribution in [0.1, 0.15) is 121 Å². The number of hydrogen-bond acceptors (Lipinski definition) is 2. The zero-order valence-corrected chi connectivity index (χ0v) is 18.3. The number of nitriles is 1. The maximum atomic E-state index is 9.45. The highest BCUT2D eigenvalue weighted by atomic mass is 16.5. The summed E-state index contributed by atoms with van der Waals surface area (Å²) in [5, 5.41) is 9.45. The van der Waals surface area contributed by atoms with Gasteiger partial charge in [-0.25, -0.2) is 0 Å². The van der Waals surface area contributed by atoms with Crippen molar-refractivity contribution < 1.29 is 4.74 Å². The molecule has 156 valence electrons. The van der Waals surface area contributed by atoms with Gasteiger partial charge in [0.1, 0.15) is 11.8 Å². The molecule has 1 saturated carbocycles. The SMILES string of the molecule is CCCCCCCCCCC1CCC(c2cccc(C#N)c2OCCC)CC1. The molecule has 0 N–H and O–H groups in total. The molecule has 0 saturated heterocycles. The molecule has 1 aliphatic carbocycles. The molecule has 1 aliphatic rings. The van der Waals surface area contributed by atoms with E-state index in [4.69, 9.17) is 4.74 Å². The molecule has 0 spiro atoms. The van der Waals surface area contributed by atoms with Crippen LogP contribution >= 0.6 is 0 Å². The monoisotopic (exact) mass is 383 g/mol. The summed E-state index contributed by atoms with van der Waals surface area (Å²) < 4.78 is 5.99. The summed E-state index contributed by atoms with van der Waals surface area (Å²) in [4.78, 5) is 0. The number of rotatable bonds is 13. The Morgan fingerprint density at radius 2 is 1.57 bits per heavy atom. The van der Waals surface area contributed by atoms with Crippen LogP contribution in [0.3, 0.4) is 0 Å². The molecule has 0 atom stereocenters. The first-order valence-corrected chi connectivity index (χ1v) is 12.0. The molecule has 2 rings (SSSR count). The number of nitrogens with zero attached hydrogens (tertiary/aromatic N) is 1. The Hall–Kier alpha value is -1.49. The van der Waals surface area contributed by atoms with Crippen LogP contribution in [-0.2, 0) is 0 Å². The van der Waals surface area contributed by atoms with Gasteiger partial charge in [-0.05, 0) is 55.6 Å². The maximum absolute atomic E-state index is 9.45. The third-order valence-electron chi connectivity index (χ3n) is 6.37. The van der Waals surface area contributed by atoms with E-state index in [2.05, 4.69) is 26.0 Å². The van der Waals surface area contributed by atoms with Crippen LogP contribution in [0.25, 0.3) is 0 Å². The lowest BCUT2D eigenvalue weighted by molar-refractivity contribution is 0.284. The van der Waals surface area contributed by atoms with Crippen molar-refractivity contribution in [3.05, 3.63) is 29.3 Å². The van der Waals surface area contributed by atoms with Crippen molar-refractivity contribution in [2.24, 2.45) is 5.92 Å². The summed E-state index contributed by atoms with van der Waals surface area (Å²) in [6, 6.07) is 8.43. The molecular weight excluding hydrogens is 342 g/mol. The van der Waals surface area contributed by atoms with Gasteiger partial charge >= 0.3 is 0 Å². The fourth-order valence-electron chi connectivity index (χ4n) is 4.66. The molecule has 2 heteroatoms.